The monoisotopic (exact) mass is 160 g/mol. The van der Waals surface area contributed by atoms with Gasteiger partial charge >= 0.3 is 0 Å². The van der Waals surface area contributed by atoms with Gasteiger partial charge in [-0.3, -0.25) is 10.1 Å². The maximum absolute atomic E-state index is 10.9. The highest BCUT2D eigenvalue weighted by Gasteiger charge is 2.07. The number of benzene rings is 1. The van der Waals surface area contributed by atoms with E-state index in [1.807, 2.05) is 0 Å². The predicted octanol–water partition coefficient (Wildman–Crippen LogP) is 2.21. The van der Waals surface area contributed by atoms with Gasteiger partial charge in [-0.15, -0.1) is 0 Å². The molecule has 0 radical (unpaired) electrons. The molecule has 1 aromatic rings. The van der Waals surface area contributed by atoms with Crippen molar-refractivity contribution in [3.63, 3.8) is 0 Å². The van der Waals surface area contributed by atoms with Crippen molar-refractivity contribution in [1.82, 2.24) is 0 Å². The molecule has 0 N–H and O–H groups in total. The number of rotatable bonds is 1. The van der Waals surface area contributed by atoms with E-state index in [0.717, 1.165) is 0 Å². The lowest BCUT2D eigenvalue weighted by Gasteiger charge is -1.96. The summed E-state index contributed by atoms with van der Waals surface area (Å²) in [5, 5.41) is 10.9. The number of hydrogen-bond donors (Lipinski definition) is 0. The Bertz CT molecular complexity index is 575. The minimum absolute atomic E-state index is 0.973. The predicted molar refractivity (Wildman–Crippen MR) is 42.6 cm³/mol. The summed E-state index contributed by atoms with van der Waals surface area (Å²) in [6, 6.07) is -3.27. The third kappa shape index (κ3) is 1.55. The van der Waals surface area contributed by atoms with Crippen LogP contribution in [-0.2, 0) is 0 Å². The first-order chi connectivity index (χ1) is 8.80. The first-order valence-corrected chi connectivity index (χ1v) is 2.59. The molecule has 0 spiro atoms. The number of nitro groups is 1. The Kier molecular flexibility index (Phi) is 0.506. The Morgan fingerprint density at radius 2 is 2.45 bits per heavy atom. The van der Waals surface area contributed by atoms with Crippen molar-refractivity contribution in [3.05, 3.63) is 39.4 Å². The molecule has 0 aliphatic carbocycles. The molecule has 0 unspecified atom stereocenters. The Labute approximate surface area is 77.5 Å². The summed E-state index contributed by atoms with van der Waals surface area (Å²) < 4.78 is 65.7. The number of hydrogen-bond acceptors (Lipinski definition) is 2. The first kappa shape index (κ1) is 2.06. The zero-order valence-corrected chi connectivity index (χ0v) is 5.26. The summed E-state index contributed by atoms with van der Waals surface area (Å²) in [6.45, 7) is -6.15. The second-order valence-corrected chi connectivity index (χ2v) is 1.73. The van der Waals surface area contributed by atoms with Crippen LogP contribution in [-0.4, -0.2) is 4.92 Å². The van der Waals surface area contributed by atoms with Crippen molar-refractivity contribution in [2.24, 2.45) is 0 Å². The van der Waals surface area contributed by atoms with Gasteiger partial charge in [-0.25, -0.2) is 0 Å². The highest BCUT2D eigenvalue weighted by atomic mass is 16.6. The smallest absolute Gasteiger partial charge is 0.258 e. The lowest BCUT2D eigenvalue weighted by atomic mass is 10.1. The molecule has 1 aromatic carbocycles. The second-order valence-electron chi connectivity index (χ2n) is 1.73. The zero-order valence-electron chi connectivity index (χ0n) is 14.3. The van der Waals surface area contributed by atoms with Crippen LogP contribution in [0, 0.1) is 23.8 Å². The van der Waals surface area contributed by atoms with E-state index in [9.17, 15) is 10.1 Å². The molecule has 0 aliphatic rings. The number of nitrogens with zero attached hydrogens (tertiary/aromatic N) is 1. The Balaban J connectivity index is 4.00. The molecule has 58 valence electrons. The summed E-state index contributed by atoms with van der Waals surface area (Å²) >= 11 is 0. The summed E-state index contributed by atoms with van der Waals surface area (Å²) in [7, 11) is 0. The van der Waals surface area contributed by atoms with Crippen LogP contribution in [0.3, 0.4) is 0 Å². The van der Waals surface area contributed by atoms with Crippen LogP contribution in [0.4, 0.5) is 5.69 Å². The van der Waals surface area contributed by atoms with Gasteiger partial charge in [-0.2, -0.15) is 0 Å². The first-order valence-electron chi connectivity index (χ1n) is 7.09. The van der Waals surface area contributed by atoms with Gasteiger partial charge < -0.3 is 0 Å². The molecule has 0 aromatic heterocycles. The number of nitro benzene ring substituents is 1. The fourth-order valence-corrected chi connectivity index (χ4v) is 0.537. The van der Waals surface area contributed by atoms with Crippen molar-refractivity contribution in [3.8, 4) is 0 Å². The van der Waals surface area contributed by atoms with Crippen LogP contribution >= 0.6 is 0 Å². The van der Waals surface area contributed by atoms with Gasteiger partial charge in [0.05, 0.1) is 9.04 Å². The summed E-state index contributed by atoms with van der Waals surface area (Å²) in [4.78, 5) is 9.69. The van der Waals surface area contributed by atoms with E-state index in [1.54, 1.807) is 0 Å². The molecular weight excluding hydrogens is 142 g/mol. The molecule has 0 atom stereocenters. The van der Waals surface area contributed by atoms with Gasteiger partial charge in [0.15, 0.2) is 0 Å². The maximum atomic E-state index is 10.9. The average Bonchev–Trinajstić information content (AvgIpc) is 2.18. The topological polar surface area (TPSA) is 43.1 Å². The lowest BCUT2D eigenvalue weighted by molar-refractivity contribution is -0.385. The van der Waals surface area contributed by atoms with Crippen molar-refractivity contribution >= 4 is 5.69 Å². The molecular formula is C8H9NO2. The van der Waals surface area contributed by atoms with Crippen molar-refractivity contribution in [2.75, 3.05) is 0 Å². The van der Waals surface area contributed by atoms with Crippen LogP contribution < -0.4 is 0 Å². The van der Waals surface area contributed by atoms with Gasteiger partial charge in [0.2, 0.25) is 0 Å². The van der Waals surface area contributed by atoms with Crippen molar-refractivity contribution < 1.29 is 17.3 Å². The van der Waals surface area contributed by atoms with Crippen LogP contribution in [0.25, 0.3) is 0 Å². The Hall–Kier alpha value is -1.38. The molecule has 3 nitrogen and oxygen atoms in total. The lowest BCUT2D eigenvalue weighted by Crippen LogP contribution is -1.91. The average molecular weight is 160 g/mol. The van der Waals surface area contributed by atoms with E-state index in [-0.39, 0.29) is 0 Å². The zero-order chi connectivity index (χ0) is 16.0. The normalized spacial score (nSPS) is 23.8. The molecule has 0 amide bonds. The summed E-state index contributed by atoms with van der Waals surface area (Å²) in [5.74, 6) is 0. The van der Waals surface area contributed by atoms with Gasteiger partial charge in [0, 0.05) is 19.8 Å². The van der Waals surface area contributed by atoms with Crippen LogP contribution in [0.5, 0.6) is 0 Å². The molecule has 1 rings (SSSR count). The molecule has 0 heterocycles. The highest BCUT2D eigenvalue weighted by molar-refractivity contribution is 5.41. The fraction of sp³-hybridized carbons (Fsp3) is 0.250. The minimum Gasteiger partial charge on any atom is -0.258 e. The molecule has 0 bridgehead atoms. The SMILES string of the molecule is [2H]c1c([2H])c(C([2H])([2H])[2H])c([2H])c(C([2H])([2H])[2H])c1[N+](=O)[O-]. The van der Waals surface area contributed by atoms with E-state index in [2.05, 4.69) is 0 Å². The molecule has 0 saturated heterocycles. The molecule has 11 heavy (non-hydrogen) atoms. The van der Waals surface area contributed by atoms with Crippen LogP contribution in [0.1, 0.15) is 23.5 Å². The highest BCUT2D eigenvalue weighted by Crippen LogP contribution is 2.17. The van der Waals surface area contributed by atoms with E-state index < -0.39 is 53.6 Å². The van der Waals surface area contributed by atoms with Crippen molar-refractivity contribution in [1.29, 1.82) is 0 Å². The fourth-order valence-electron chi connectivity index (χ4n) is 0.537. The quantitative estimate of drug-likeness (QED) is 0.467. The van der Waals surface area contributed by atoms with Gasteiger partial charge in [-0.1, -0.05) is 11.6 Å². The summed E-state index contributed by atoms with van der Waals surface area (Å²) in [6.07, 6.45) is 0. The maximum Gasteiger partial charge on any atom is 0.272 e. The molecule has 0 saturated carbocycles. The third-order valence-electron chi connectivity index (χ3n) is 0.975. The molecule has 3 heteroatoms. The van der Waals surface area contributed by atoms with E-state index in [4.69, 9.17) is 12.3 Å². The van der Waals surface area contributed by atoms with E-state index in [1.165, 1.54) is 0 Å². The van der Waals surface area contributed by atoms with Crippen molar-refractivity contribution in [2.45, 2.75) is 13.7 Å². The minimum atomic E-state index is -3.14. The van der Waals surface area contributed by atoms with E-state index >= 15 is 0 Å². The van der Waals surface area contributed by atoms with Crippen LogP contribution in [0.15, 0.2) is 18.1 Å². The second kappa shape index (κ2) is 2.70. The Morgan fingerprint density at radius 1 is 1.64 bits per heavy atom. The molecule has 0 fully saturated rings. The Morgan fingerprint density at radius 3 is 3.00 bits per heavy atom. The standard InChI is InChI=1S/C8H9NO2/c1-6-3-4-8(9(10)11)7(2)5-6/h3-5H,1-2H3/i1D3,2D3,3D,4D,5D. The third-order valence-corrected chi connectivity index (χ3v) is 0.975. The van der Waals surface area contributed by atoms with Gasteiger partial charge in [-0.05, 0) is 19.7 Å². The van der Waals surface area contributed by atoms with Gasteiger partial charge in [0.25, 0.3) is 5.69 Å². The molecule has 0 aliphatic heterocycles. The van der Waals surface area contributed by atoms with Crippen LogP contribution in [0.2, 0.25) is 0 Å². The van der Waals surface area contributed by atoms with E-state index in [0.29, 0.717) is 0 Å². The largest absolute Gasteiger partial charge is 0.272 e. The summed E-state index contributed by atoms with van der Waals surface area (Å²) in [5.41, 5.74) is -3.33. The van der Waals surface area contributed by atoms with Gasteiger partial charge in [0.1, 0.15) is 0 Å².